The van der Waals surface area contributed by atoms with Crippen molar-refractivity contribution >= 4 is 47.6 Å². The smallest absolute Gasteiger partial charge is 0.327 e. The maximum atomic E-state index is 12.1. The Hall–Kier alpha value is -0.660. The van der Waals surface area contributed by atoms with Crippen molar-refractivity contribution in [1.82, 2.24) is 4.90 Å². The minimum Gasteiger partial charge on any atom is -0.480 e. The lowest BCUT2D eigenvalue weighted by atomic mass is 10.2. The molecule has 0 saturated carbocycles. The second-order valence-electron chi connectivity index (χ2n) is 3.83. The first-order valence-electron chi connectivity index (χ1n) is 5.45. The highest BCUT2D eigenvalue weighted by Crippen LogP contribution is 2.43. The van der Waals surface area contributed by atoms with E-state index in [1.807, 2.05) is 17.5 Å². The van der Waals surface area contributed by atoms with Gasteiger partial charge < -0.3 is 10.0 Å². The Labute approximate surface area is 119 Å². The molecule has 1 aliphatic heterocycles. The maximum absolute atomic E-state index is 12.1. The first-order valence-corrected chi connectivity index (χ1v) is 8.01. The van der Waals surface area contributed by atoms with Crippen molar-refractivity contribution < 1.29 is 14.7 Å². The molecule has 18 heavy (non-hydrogen) atoms. The summed E-state index contributed by atoms with van der Waals surface area (Å²) in [6.07, 6.45) is 0.273. The predicted octanol–water partition coefficient (Wildman–Crippen LogP) is 2.10. The minimum absolute atomic E-state index is 0.138. The molecule has 0 bridgehead atoms. The molecule has 2 heterocycles. The van der Waals surface area contributed by atoms with Crippen LogP contribution in [0.25, 0.3) is 0 Å². The average molecular weight is 303 g/mol. The lowest BCUT2D eigenvalue weighted by Crippen LogP contribution is -2.42. The van der Waals surface area contributed by atoms with Gasteiger partial charge in [0.25, 0.3) is 0 Å². The fourth-order valence-corrected chi connectivity index (χ4v) is 4.48. The van der Waals surface area contributed by atoms with Crippen LogP contribution in [-0.2, 0) is 9.59 Å². The number of thiol groups is 1. The second kappa shape index (κ2) is 5.99. The van der Waals surface area contributed by atoms with Gasteiger partial charge in [-0.2, -0.15) is 12.6 Å². The van der Waals surface area contributed by atoms with Crippen LogP contribution in [-0.4, -0.2) is 39.4 Å². The summed E-state index contributed by atoms with van der Waals surface area (Å²) in [6.45, 7) is 0. The molecule has 0 spiro atoms. The van der Waals surface area contributed by atoms with Crippen molar-refractivity contribution in [2.75, 3.05) is 11.5 Å². The van der Waals surface area contributed by atoms with Gasteiger partial charge in [-0.25, -0.2) is 4.79 Å². The van der Waals surface area contributed by atoms with Gasteiger partial charge in [0.05, 0.1) is 0 Å². The first-order chi connectivity index (χ1) is 8.65. The molecule has 0 radical (unpaired) electrons. The number of carbonyl (C=O) groups excluding carboxylic acids is 1. The van der Waals surface area contributed by atoms with E-state index in [0.717, 1.165) is 4.88 Å². The zero-order chi connectivity index (χ0) is 13.1. The molecule has 0 aliphatic carbocycles. The van der Waals surface area contributed by atoms with Gasteiger partial charge in [-0.15, -0.1) is 23.1 Å². The summed E-state index contributed by atoms with van der Waals surface area (Å²) >= 11 is 7.09. The van der Waals surface area contributed by atoms with Gasteiger partial charge in [0.2, 0.25) is 5.91 Å². The Morgan fingerprint density at radius 1 is 1.56 bits per heavy atom. The lowest BCUT2D eigenvalue weighted by molar-refractivity contribution is -0.149. The number of aliphatic carboxylic acids is 1. The van der Waals surface area contributed by atoms with Crippen molar-refractivity contribution in [2.24, 2.45) is 0 Å². The minimum atomic E-state index is -0.936. The number of carboxylic acid groups (broad SMARTS) is 1. The topological polar surface area (TPSA) is 57.6 Å². The number of thioether (sulfide) groups is 1. The third kappa shape index (κ3) is 2.67. The number of carboxylic acids is 1. The van der Waals surface area contributed by atoms with Crippen LogP contribution in [0.4, 0.5) is 0 Å². The SMILES string of the molecule is O=C(O)C1CSC(c2cccs2)N1C(=O)CCS. The average Bonchev–Trinajstić information content (AvgIpc) is 2.97. The Morgan fingerprint density at radius 3 is 2.89 bits per heavy atom. The van der Waals surface area contributed by atoms with Crippen molar-refractivity contribution in [3.05, 3.63) is 22.4 Å². The van der Waals surface area contributed by atoms with E-state index in [9.17, 15) is 14.7 Å². The molecule has 1 N–H and O–H groups in total. The Bertz CT molecular complexity index is 435. The van der Waals surface area contributed by atoms with E-state index in [2.05, 4.69) is 12.6 Å². The van der Waals surface area contributed by atoms with Crippen molar-refractivity contribution in [1.29, 1.82) is 0 Å². The molecular formula is C11H13NO3S3. The Kier molecular flexibility index (Phi) is 4.58. The van der Waals surface area contributed by atoms with Crippen LogP contribution in [0.2, 0.25) is 0 Å². The van der Waals surface area contributed by atoms with Crippen molar-refractivity contribution in [2.45, 2.75) is 17.8 Å². The molecule has 0 aromatic carbocycles. The molecule has 1 aromatic heterocycles. The van der Waals surface area contributed by atoms with Gasteiger partial charge in [-0.1, -0.05) is 6.07 Å². The van der Waals surface area contributed by atoms with Gasteiger partial charge >= 0.3 is 5.97 Å². The highest BCUT2D eigenvalue weighted by molar-refractivity contribution is 7.99. The van der Waals surface area contributed by atoms with Crippen LogP contribution in [0.5, 0.6) is 0 Å². The lowest BCUT2D eigenvalue weighted by Gasteiger charge is -2.26. The highest BCUT2D eigenvalue weighted by atomic mass is 32.2. The number of hydrogen-bond donors (Lipinski definition) is 2. The third-order valence-electron chi connectivity index (χ3n) is 2.69. The molecule has 1 fully saturated rings. The molecule has 2 rings (SSSR count). The fraction of sp³-hybridized carbons (Fsp3) is 0.455. The molecule has 7 heteroatoms. The Balaban J connectivity index is 2.25. The van der Waals surface area contributed by atoms with E-state index >= 15 is 0 Å². The summed E-state index contributed by atoms with van der Waals surface area (Å²) in [6, 6.07) is 3.12. The summed E-state index contributed by atoms with van der Waals surface area (Å²) in [5, 5.41) is 11.0. The molecule has 2 atom stereocenters. The molecule has 98 valence electrons. The fourth-order valence-electron chi connectivity index (χ4n) is 1.88. The quantitative estimate of drug-likeness (QED) is 0.836. The number of thiophene rings is 1. The van der Waals surface area contributed by atoms with Gasteiger partial charge in [0.1, 0.15) is 11.4 Å². The molecule has 4 nitrogen and oxygen atoms in total. The van der Waals surface area contributed by atoms with Crippen LogP contribution in [0.15, 0.2) is 17.5 Å². The number of hydrogen-bond acceptors (Lipinski definition) is 5. The molecular weight excluding hydrogens is 290 g/mol. The zero-order valence-electron chi connectivity index (χ0n) is 9.48. The van der Waals surface area contributed by atoms with Gasteiger partial charge in [0, 0.05) is 17.1 Å². The van der Waals surface area contributed by atoms with Crippen molar-refractivity contribution in [3.63, 3.8) is 0 Å². The van der Waals surface area contributed by atoms with Crippen molar-refractivity contribution in [3.8, 4) is 0 Å². The van der Waals surface area contributed by atoms with E-state index < -0.39 is 12.0 Å². The summed E-state index contributed by atoms with van der Waals surface area (Å²) in [5.74, 6) is -0.199. The highest BCUT2D eigenvalue weighted by Gasteiger charge is 2.42. The monoisotopic (exact) mass is 303 g/mol. The molecule has 1 aromatic rings. The van der Waals surface area contributed by atoms with E-state index in [1.165, 1.54) is 16.7 Å². The molecule has 1 saturated heterocycles. The number of nitrogens with zero attached hydrogens (tertiary/aromatic N) is 1. The van der Waals surface area contributed by atoms with E-state index in [0.29, 0.717) is 11.5 Å². The third-order valence-corrected chi connectivity index (χ3v) is 5.29. The number of carbonyl (C=O) groups is 2. The zero-order valence-corrected chi connectivity index (χ0v) is 12.0. The second-order valence-corrected chi connectivity index (χ2v) is 6.37. The number of amides is 1. The Morgan fingerprint density at radius 2 is 2.33 bits per heavy atom. The molecule has 1 amide bonds. The number of rotatable bonds is 4. The van der Waals surface area contributed by atoms with Crippen LogP contribution < -0.4 is 0 Å². The van der Waals surface area contributed by atoms with E-state index in [1.54, 1.807) is 11.3 Å². The summed E-state index contributed by atoms with van der Waals surface area (Å²) in [7, 11) is 0. The summed E-state index contributed by atoms with van der Waals surface area (Å²) in [4.78, 5) is 25.8. The predicted molar refractivity (Wildman–Crippen MR) is 76.3 cm³/mol. The van der Waals surface area contributed by atoms with Gasteiger partial charge in [0.15, 0.2) is 0 Å². The van der Waals surface area contributed by atoms with Gasteiger partial charge in [-0.05, 0) is 17.2 Å². The first kappa shape index (κ1) is 13.8. The largest absolute Gasteiger partial charge is 0.480 e. The van der Waals surface area contributed by atoms with E-state index in [-0.39, 0.29) is 17.7 Å². The normalized spacial score (nSPS) is 23.3. The van der Waals surface area contributed by atoms with Crippen LogP contribution in [0.1, 0.15) is 16.7 Å². The molecule has 1 aliphatic rings. The van der Waals surface area contributed by atoms with Crippen LogP contribution >= 0.6 is 35.7 Å². The molecule has 2 unspecified atom stereocenters. The maximum Gasteiger partial charge on any atom is 0.327 e. The summed E-state index contributed by atoms with van der Waals surface area (Å²) < 4.78 is 0. The van der Waals surface area contributed by atoms with Crippen LogP contribution in [0.3, 0.4) is 0 Å². The van der Waals surface area contributed by atoms with Crippen LogP contribution in [0, 0.1) is 0 Å². The van der Waals surface area contributed by atoms with Gasteiger partial charge in [-0.3, -0.25) is 4.79 Å². The van der Waals surface area contributed by atoms with E-state index in [4.69, 9.17) is 0 Å². The standard InChI is InChI=1S/C11H13NO3S3/c13-9(3-4-16)12-7(11(14)15)6-18-10(12)8-2-1-5-17-8/h1-2,5,7,10,16H,3-4,6H2,(H,14,15). The summed E-state index contributed by atoms with van der Waals surface area (Å²) in [5.41, 5.74) is 0.